The van der Waals surface area contributed by atoms with Crippen molar-refractivity contribution in [3.05, 3.63) is 34.9 Å². The molecule has 1 aliphatic heterocycles. The van der Waals surface area contributed by atoms with E-state index in [4.69, 9.17) is 11.6 Å². The van der Waals surface area contributed by atoms with Crippen molar-refractivity contribution in [1.29, 1.82) is 0 Å². The highest BCUT2D eigenvalue weighted by atomic mass is 35.5. The highest BCUT2D eigenvalue weighted by Crippen LogP contribution is 2.59. The summed E-state index contributed by atoms with van der Waals surface area (Å²) in [7, 11) is -4.71. The van der Waals surface area contributed by atoms with E-state index in [1.54, 1.807) is 12.1 Å². The Morgan fingerprint density at radius 3 is 2.47 bits per heavy atom. The summed E-state index contributed by atoms with van der Waals surface area (Å²) in [5, 5.41) is -1.81. The van der Waals surface area contributed by atoms with Crippen LogP contribution in [0.2, 0.25) is 5.02 Å². The Bertz CT molecular complexity index is 517. The normalized spacial score (nSPS) is 24.8. The minimum absolute atomic E-state index is 0.123. The zero-order valence-electron chi connectivity index (χ0n) is 8.55. The standard InChI is InChI=1S/C9H10ClN2O4P/c10-7-4-2-1-3-6(7)9(17(14,15)16)5-11-12-8(9)13/h1-4,11H,5H2,(H,12,13)(H2,14,15,16). The van der Waals surface area contributed by atoms with Crippen LogP contribution in [0.4, 0.5) is 0 Å². The van der Waals surface area contributed by atoms with Gasteiger partial charge in [0.15, 0.2) is 5.16 Å². The van der Waals surface area contributed by atoms with Crippen LogP contribution in [0.1, 0.15) is 5.56 Å². The zero-order valence-corrected chi connectivity index (χ0v) is 10.2. The minimum Gasteiger partial charge on any atom is -0.323 e. The van der Waals surface area contributed by atoms with Crippen LogP contribution in [-0.4, -0.2) is 22.2 Å². The van der Waals surface area contributed by atoms with Crippen molar-refractivity contribution in [3.63, 3.8) is 0 Å². The number of hydrogen-bond donors (Lipinski definition) is 4. The van der Waals surface area contributed by atoms with Crippen LogP contribution >= 0.6 is 19.2 Å². The summed E-state index contributed by atoms with van der Waals surface area (Å²) in [4.78, 5) is 30.7. The molecule has 0 radical (unpaired) electrons. The number of benzene rings is 1. The van der Waals surface area contributed by atoms with Gasteiger partial charge in [0.1, 0.15) is 0 Å². The summed E-state index contributed by atoms with van der Waals surface area (Å²) in [6, 6.07) is 6.12. The lowest BCUT2D eigenvalue weighted by atomic mass is 9.98. The first-order valence-corrected chi connectivity index (χ1v) is 6.72. The van der Waals surface area contributed by atoms with Crippen molar-refractivity contribution in [1.82, 2.24) is 10.9 Å². The molecule has 1 unspecified atom stereocenters. The van der Waals surface area contributed by atoms with Gasteiger partial charge in [-0.1, -0.05) is 29.8 Å². The van der Waals surface area contributed by atoms with Gasteiger partial charge in [-0.05, 0) is 11.6 Å². The molecule has 0 saturated carbocycles. The fraction of sp³-hybridized carbons (Fsp3) is 0.222. The lowest BCUT2D eigenvalue weighted by Crippen LogP contribution is -2.37. The molecule has 6 nitrogen and oxygen atoms in total. The second-order valence-corrected chi connectivity index (χ2v) is 5.95. The molecule has 1 amide bonds. The third-order valence-corrected chi connectivity index (χ3v) is 4.66. The van der Waals surface area contributed by atoms with Gasteiger partial charge in [-0.2, -0.15) is 0 Å². The predicted molar refractivity (Wildman–Crippen MR) is 61.3 cm³/mol. The molecule has 0 aliphatic carbocycles. The molecule has 17 heavy (non-hydrogen) atoms. The molecule has 2 rings (SSSR count). The summed E-state index contributed by atoms with van der Waals surface area (Å²) in [5.41, 5.74) is 4.77. The van der Waals surface area contributed by atoms with E-state index in [2.05, 4.69) is 10.9 Å². The molecule has 1 aliphatic rings. The minimum atomic E-state index is -4.71. The molecule has 0 spiro atoms. The van der Waals surface area contributed by atoms with Crippen molar-refractivity contribution >= 4 is 25.1 Å². The van der Waals surface area contributed by atoms with Crippen LogP contribution in [0.15, 0.2) is 24.3 Å². The molecule has 8 heteroatoms. The molecule has 1 aromatic carbocycles. The SMILES string of the molecule is O=C1NNCC1(c1ccccc1Cl)P(=O)(O)O. The van der Waals surface area contributed by atoms with Crippen molar-refractivity contribution in [2.45, 2.75) is 5.16 Å². The first-order valence-electron chi connectivity index (χ1n) is 4.73. The summed E-state index contributed by atoms with van der Waals surface area (Å²) < 4.78 is 11.7. The van der Waals surface area contributed by atoms with E-state index in [0.717, 1.165) is 0 Å². The van der Waals surface area contributed by atoms with Gasteiger partial charge in [0.25, 0.3) is 5.91 Å². The van der Waals surface area contributed by atoms with E-state index in [1.807, 2.05) is 0 Å². The molecule has 1 aromatic rings. The van der Waals surface area contributed by atoms with Gasteiger partial charge in [0, 0.05) is 11.6 Å². The molecule has 0 bridgehead atoms. The van der Waals surface area contributed by atoms with Gasteiger partial charge < -0.3 is 9.79 Å². The molecular weight excluding hydrogens is 267 g/mol. The van der Waals surface area contributed by atoms with E-state index >= 15 is 0 Å². The average Bonchev–Trinajstić information content (AvgIpc) is 2.61. The van der Waals surface area contributed by atoms with E-state index < -0.39 is 18.7 Å². The molecular formula is C9H10ClN2O4P. The Hall–Kier alpha value is -0.910. The Balaban J connectivity index is 2.69. The van der Waals surface area contributed by atoms with Gasteiger partial charge in [0.05, 0.1) is 0 Å². The zero-order chi connectivity index (χ0) is 12.7. The van der Waals surface area contributed by atoms with E-state index in [0.29, 0.717) is 0 Å². The molecule has 1 fully saturated rings. The average molecular weight is 277 g/mol. The number of carbonyl (C=O) groups is 1. The maximum absolute atomic E-state index is 11.8. The molecule has 0 aromatic heterocycles. The molecule has 1 heterocycles. The largest absolute Gasteiger partial charge is 0.346 e. The fourth-order valence-corrected chi connectivity index (χ4v) is 3.32. The number of amides is 1. The topological polar surface area (TPSA) is 98.7 Å². The smallest absolute Gasteiger partial charge is 0.323 e. The lowest BCUT2D eigenvalue weighted by molar-refractivity contribution is -0.122. The third-order valence-electron chi connectivity index (χ3n) is 2.74. The highest BCUT2D eigenvalue weighted by molar-refractivity contribution is 7.54. The van der Waals surface area contributed by atoms with Crippen LogP contribution in [0.3, 0.4) is 0 Å². The van der Waals surface area contributed by atoms with Crippen LogP contribution in [-0.2, 0) is 14.5 Å². The summed E-state index contributed by atoms with van der Waals surface area (Å²) >= 11 is 5.91. The lowest BCUT2D eigenvalue weighted by Gasteiger charge is -2.27. The second-order valence-electron chi connectivity index (χ2n) is 3.69. The van der Waals surface area contributed by atoms with Crippen LogP contribution < -0.4 is 10.9 Å². The molecule has 1 saturated heterocycles. The van der Waals surface area contributed by atoms with Crippen LogP contribution in [0, 0.1) is 0 Å². The molecule has 4 N–H and O–H groups in total. The van der Waals surface area contributed by atoms with Gasteiger partial charge in [-0.3, -0.25) is 14.8 Å². The maximum atomic E-state index is 11.8. The number of hydrogen-bond acceptors (Lipinski definition) is 3. The summed E-state index contributed by atoms with van der Waals surface area (Å²) in [6.07, 6.45) is 0. The van der Waals surface area contributed by atoms with E-state index in [-0.39, 0.29) is 17.1 Å². The Kier molecular flexibility index (Phi) is 3.01. The van der Waals surface area contributed by atoms with Crippen molar-refractivity contribution in [2.75, 3.05) is 6.54 Å². The second kappa shape index (κ2) is 4.08. The maximum Gasteiger partial charge on any atom is 0.346 e. The van der Waals surface area contributed by atoms with Gasteiger partial charge in [-0.15, -0.1) is 0 Å². The quantitative estimate of drug-likeness (QED) is 0.584. The number of nitrogens with one attached hydrogen (secondary N) is 2. The van der Waals surface area contributed by atoms with Crippen molar-refractivity contribution in [2.24, 2.45) is 0 Å². The summed E-state index contributed by atoms with van der Waals surface area (Å²) in [6.45, 7) is -0.208. The Morgan fingerprint density at radius 2 is 2.00 bits per heavy atom. The van der Waals surface area contributed by atoms with Crippen molar-refractivity contribution in [3.8, 4) is 0 Å². The first-order chi connectivity index (χ1) is 7.89. The molecule has 92 valence electrons. The van der Waals surface area contributed by atoms with E-state index in [9.17, 15) is 19.1 Å². The Morgan fingerprint density at radius 1 is 1.35 bits per heavy atom. The fourth-order valence-electron chi connectivity index (χ4n) is 1.84. The first kappa shape index (κ1) is 12.5. The summed E-state index contributed by atoms with van der Waals surface area (Å²) in [5.74, 6) is -0.779. The third kappa shape index (κ3) is 1.78. The van der Waals surface area contributed by atoms with Crippen LogP contribution in [0.5, 0.6) is 0 Å². The van der Waals surface area contributed by atoms with Crippen LogP contribution in [0.25, 0.3) is 0 Å². The number of rotatable bonds is 2. The predicted octanol–water partition coefficient (Wildman–Crippen LogP) is 0.347. The highest BCUT2D eigenvalue weighted by Gasteiger charge is 2.58. The molecule has 1 atom stereocenters. The van der Waals surface area contributed by atoms with Crippen molar-refractivity contribution < 1.29 is 19.1 Å². The number of carbonyl (C=O) groups excluding carboxylic acids is 1. The van der Waals surface area contributed by atoms with Gasteiger partial charge in [-0.25, -0.2) is 5.43 Å². The number of hydrazine groups is 1. The monoisotopic (exact) mass is 276 g/mol. The van der Waals surface area contributed by atoms with Gasteiger partial charge in [0.2, 0.25) is 0 Å². The number of halogens is 1. The Labute approximate surface area is 102 Å². The van der Waals surface area contributed by atoms with E-state index in [1.165, 1.54) is 12.1 Å². The van der Waals surface area contributed by atoms with Gasteiger partial charge >= 0.3 is 7.60 Å².